The zero-order chi connectivity index (χ0) is 24.5. The first-order valence-corrected chi connectivity index (χ1v) is 13.0. The number of hydrogen-bond acceptors (Lipinski definition) is 9. The maximum absolute atomic E-state index is 12.7. The van der Waals surface area contributed by atoms with E-state index in [0.717, 1.165) is 11.1 Å². The van der Waals surface area contributed by atoms with Crippen LogP contribution in [0.3, 0.4) is 0 Å². The monoisotopic (exact) mass is 502 g/mol. The van der Waals surface area contributed by atoms with Crippen LogP contribution in [-0.4, -0.2) is 27.0 Å². The number of rotatable bonds is 8. The van der Waals surface area contributed by atoms with Crippen molar-refractivity contribution in [1.29, 1.82) is 0 Å². The number of hydrazine groups is 2. The Morgan fingerprint density at radius 1 is 0.735 bits per heavy atom. The number of nitrogens with one attached hydrogen (secondary N) is 4. The molecule has 0 bridgehead atoms. The normalized spacial score (nSPS) is 12.1. The van der Waals surface area contributed by atoms with Crippen LogP contribution in [0.1, 0.15) is 16.8 Å². The Morgan fingerprint density at radius 3 is 1.76 bits per heavy atom. The summed E-state index contributed by atoms with van der Waals surface area (Å²) in [6, 6.07) is 14.1. The highest BCUT2D eigenvalue weighted by Gasteiger charge is 2.19. The minimum absolute atomic E-state index is 0.0522. The van der Waals surface area contributed by atoms with Gasteiger partial charge in [0.05, 0.1) is 26.6 Å². The van der Waals surface area contributed by atoms with Crippen LogP contribution in [-0.2, 0) is 20.0 Å². The molecule has 0 unspecified atom stereocenters. The molecule has 0 saturated heterocycles. The highest BCUT2D eigenvalue weighted by atomic mass is 32.2. The van der Waals surface area contributed by atoms with Gasteiger partial charge in [-0.25, -0.2) is 16.8 Å². The Balaban J connectivity index is 1.58. The van der Waals surface area contributed by atoms with Gasteiger partial charge in [-0.15, -0.1) is 9.66 Å². The van der Waals surface area contributed by atoms with E-state index in [2.05, 4.69) is 30.7 Å². The molecule has 4 aromatic rings. The van der Waals surface area contributed by atoms with E-state index in [0.29, 0.717) is 11.1 Å². The number of nitrogens with zero attached hydrogens (tertiary/aromatic N) is 2. The first-order chi connectivity index (χ1) is 16.0. The SMILES string of the molecule is Cc1ccc(S(=O)(=O)NNc2cc(NNS(=O)(=O)c3ccc(C)cc3)c3c(C)noc3n2)cc1. The van der Waals surface area contributed by atoms with E-state index in [4.69, 9.17) is 4.52 Å². The third-order valence-electron chi connectivity index (χ3n) is 4.91. The molecule has 178 valence electrons. The minimum atomic E-state index is -3.89. The second-order valence-electron chi connectivity index (χ2n) is 7.59. The number of anilines is 2. The summed E-state index contributed by atoms with van der Waals surface area (Å²) in [6.45, 7) is 5.37. The third-order valence-corrected chi connectivity index (χ3v) is 7.44. The van der Waals surface area contributed by atoms with Gasteiger partial charge in [0, 0.05) is 6.07 Å². The van der Waals surface area contributed by atoms with Crippen molar-refractivity contribution in [1.82, 2.24) is 19.8 Å². The molecular weight excluding hydrogens is 480 g/mol. The van der Waals surface area contributed by atoms with Gasteiger partial charge >= 0.3 is 0 Å². The van der Waals surface area contributed by atoms with Gasteiger partial charge in [-0.05, 0) is 45.0 Å². The van der Waals surface area contributed by atoms with Crippen molar-refractivity contribution in [3.63, 3.8) is 0 Å². The Morgan fingerprint density at radius 2 is 1.24 bits per heavy atom. The molecule has 0 atom stereocenters. The molecule has 0 fully saturated rings. The molecule has 0 spiro atoms. The molecule has 0 radical (unpaired) electrons. The number of hydrogen-bond donors (Lipinski definition) is 4. The van der Waals surface area contributed by atoms with Gasteiger partial charge in [-0.1, -0.05) is 40.5 Å². The topological polar surface area (TPSA) is 155 Å². The highest BCUT2D eigenvalue weighted by Crippen LogP contribution is 2.28. The summed E-state index contributed by atoms with van der Waals surface area (Å²) in [4.78, 5) is 8.88. The average Bonchev–Trinajstić information content (AvgIpc) is 3.17. The maximum atomic E-state index is 12.7. The van der Waals surface area contributed by atoms with Crippen molar-refractivity contribution in [2.24, 2.45) is 0 Å². The van der Waals surface area contributed by atoms with Gasteiger partial charge in [0.15, 0.2) is 0 Å². The molecule has 0 aliphatic heterocycles. The van der Waals surface area contributed by atoms with Crippen LogP contribution in [0.5, 0.6) is 0 Å². The molecule has 0 aliphatic rings. The molecular formula is C21H22N6O5S2. The van der Waals surface area contributed by atoms with Crippen LogP contribution in [0.2, 0.25) is 0 Å². The highest BCUT2D eigenvalue weighted by molar-refractivity contribution is 7.89. The summed E-state index contributed by atoms with van der Waals surface area (Å²) >= 11 is 0. The van der Waals surface area contributed by atoms with E-state index in [1.807, 2.05) is 13.8 Å². The number of pyridine rings is 1. The summed E-state index contributed by atoms with van der Waals surface area (Å²) in [7, 11) is -7.78. The summed E-state index contributed by atoms with van der Waals surface area (Å²) in [5, 5.41) is 4.28. The van der Waals surface area contributed by atoms with Crippen LogP contribution in [0.25, 0.3) is 11.1 Å². The first kappa shape index (κ1) is 23.6. The molecule has 2 aromatic carbocycles. The molecule has 13 heteroatoms. The van der Waals surface area contributed by atoms with Crippen molar-refractivity contribution < 1.29 is 21.4 Å². The van der Waals surface area contributed by atoms with Gasteiger partial charge in [0.2, 0.25) is 0 Å². The van der Waals surface area contributed by atoms with Gasteiger partial charge in [-0.2, -0.15) is 4.98 Å². The molecule has 11 nitrogen and oxygen atoms in total. The Labute approximate surface area is 196 Å². The van der Waals surface area contributed by atoms with Crippen LogP contribution in [0, 0.1) is 20.8 Å². The number of fused-ring (bicyclic) bond motifs is 1. The lowest BCUT2D eigenvalue weighted by molar-refractivity contribution is 0.443. The summed E-state index contributed by atoms with van der Waals surface area (Å²) in [5.74, 6) is 0.0522. The quantitative estimate of drug-likeness (QED) is 0.266. The van der Waals surface area contributed by atoms with Crippen molar-refractivity contribution >= 4 is 42.7 Å². The van der Waals surface area contributed by atoms with E-state index in [1.54, 1.807) is 31.2 Å². The summed E-state index contributed by atoms with van der Waals surface area (Å²) < 4.78 is 55.6. The fourth-order valence-electron chi connectivity index (χ4n) is 3.05. The molecule has 4 rings (SSSR count). The largest absolute Gasteiger partial charge is 0.335 e. The van der Waals surface area contributed by atoms with E-state index < -0.39 is 20.0 Å². The average molecular weight is 503 g/mol. The van der Waals surface area contributed by atoms with Crippen molar-refractivity contribution in [2.75, 3.05) is 10.9 Å². The van der Waals surface area contributed by atoms with Crippen molar-refractivity contribution in [2.45, 2.75) is 30.6 Å². The second kappa shape index (κ2) is 9.02. The van der Waals surface area contributed by atoms with E-state index in [9.17, 15) is 16.8 Å². The van der Waals surface area contributed by atoms with Gasteiger partial charge < -0.3 is 9.95 Å². The van der Waals surface area contributed by atoms with Crippen LogP contribution >= 0.6 is 0 Å². The second-order valence-corrected chi connectivity index (χ2v) is 11.0. The Hall–Kier alpha value is -3.52. The van der Waals surface area contributed by atoms with Gasteiger partial charge in [0.1, 0.15) is 5.82 Å². The lowest BCUT2D eigenvalue weighted by Crippen LogP contribution is -2.31. The fraction of sp³-hybridized carbons (Fsp3) is 0.143. The minimum Gasteiger partial charge on any atom is -0.335 e. The van der Waals surface area contributed by atoms with Crippen LogP contribution in [0.4, 0.5) is 11.5 Å². The molecule has 0 saturated carbocycles. The number of sulfonamides is 2. The fourth-order valence-corrected chi connectivity index (χ4v) is 4.76. The summed E-state index contributed by atoms with van der Waals surface area (Å²) in [6.07, 6.45) is 0. The zero-order valence-electron chi connectivity index (χ0n) is 18.4. The van der Waals surface area contributed by atoms with Crippen LogP contribution in [0.15, 0.2) is 68.9 Å². The predicted octanol–water partition coefficient (Wildman–Crippen LogP) is 2.76. The lowest BCUT2D eigenvalue weighted by atomic mass is 10.2. The maximum Gasteiger partial charge on any atom is 0.262 e. The standard InChI is InChI=1S/C21H22N6O5S2/c1-13-4-8-16(9-5-13)33(28,29)26-23-18-12-19(22-21-20(18)15(3)25-32-21)24-27-34(30,31)17-10-6-14(2)7-11-17/h4-12,26-27H,1-3H3,(H2,22,23,24). The number of aryl methyl sites for hydroxylation is 3. The van der Waals surface area contributed by atoms with Crippen molar-refractivity contribution in [3.05, 3.63) is 71.4 Å². The summed E-state index contributed by atoms with van der Waals surface area (Å²) in [5.41, 5.74) is 7.81. The predicted molar refractivity (Wildman–Crippen MR) is 127 cm³/mol. The van der Waals surface area contributed by atoms with E-state index in [-0.39, 0.29) is 27.0 Å². The van der Waals surface area contributed by atoms with Crippen LogP contribution < -0.4 is 20.5 Å². The molecule has 4 N–H and O–H groups in total. The van der Waals surface area contributed by atoms with E-state index >= 15 is 0 Å². The molecule has 34 heavy (non-hydrogen) atoms. The Bertz CT molecular complexity index is 1550. The Kier molecular flexibility index (Phi) is 6.27. The number of benzene rings is 2. The smallest absolute Gasteiger partial charge is 0.262 e. The van der Waals surface area contributed by atoms with Gasteiger partial charge in [0.25, 0.3) is 25.8 Å². The molecule has 0 aliphatic carbocycles. The zero-order valence-corrected chi connectivity index (χ0v) is 20.1. The van der Waals surface area contributed by atoms with Gasteiger partial charge in [-0.3, -0.25) is 5.43 Å². The molecule has 2 heterocycles. The van der Waals surface area contributed by atoms with E-state index in [1.165, 1.54) is 30.3 Å². The third kappa shape index (κ3) is 5.02. The number of aromatic nitrogens is 2. The first-order valence-electron chi connectivity index (χ1n) is 10.0. The van der Waals surface area contributed by atoms with Crippen molar-refractivity contribution in [3.8, 4) is 0 Å². The molecule has 0 amide bonds. The molecule has 2 aromatic heterocycles. The lowest BCUT2D eigenvalue weighted by Gasteiger charge is -2.13.